The van der Waals surface area contributed by atoms with Crippen molar-refractivity contribution in [1.29, 1.82) is 0 Å². The van der Waals surface area contributed by atoms with E-state index in [1.165, 1.54) is 12.8 Å². The first kappa shape index (κ1) is 17.0. The van der Waals surface area contributed by atoms with Crippen LogP contribution < -0.4 is 0 Å². The number of carbonyl (C=O) groups is 1. The molecule has 3 unspecified atom stereocenters. The Morgan fingerprint density at radius 1 is 1.36 bits per heavy atom. The third-order valence-corrected chi connectivity index (χ3v) is 6.20. The van der Waals surface area contributed by atoms with Crippen molar-refractivity contribution in [3.63, 3.8) is 0 Å². The van der Waals surface area contributed by atoms with E-state index in [0.29, 0.717) is 6.42 Å². The van der Waals surface area contributed by atoms with E-state index in [-0.39, 0.29) is 23.7 Å². The summed E-state index contributed by atoms with van der Waals surface area (Å²) in [5.41, 5.74) is 0.795. The first-order chi connectivity index (χ1) is 12.2. The SMILES string of the molecule is COC12CCC(OCC3CC3)CC1N(C(=O)Cc1cccnc1)CC2. The van der Waals surface area contributed by atoms with Crippen molar-refractivity contribution in [3.8, 4) is 0 Å². The molecule has 5 nitrogen and oxygen atoms in total. The van der Waals surface area contributed by atoms with Crippen LogP contribution in [0.4, 0.5) is 0 Å². The maximum atomic E-state index is 12.9. The van der Waals surface area contributed by atoms with E-state index in [1.54, 1.807) is 19.5 Å². The molecule has 3 atom stereocenters. The van der Waals surface area contributed by atoms with Crippen molar-refractivity contribution in [2.45, 2.75) is 62.7 Å². The van der Waals surface area contributed by atoms with Crippen LogP contribution in [-0.2, 0) is 20.7 Å². The minimum absolute atomic E-state index is 0.139. The van der Waals surface area contributed by atoms with E-state index in [0.717, 1.165) is 50.3 Å². The molecule has 1 saturated heterocycles. The molecule has 25 heavy (non-hydrogen) atoms. The van der Waals surface area contributed by atoms with E-state index < -0.39 is 0 Å². The lowest BCUT2D eigenvalue weighted by Crippen LogP contribution is -2.53. The summed E-state index contributed by atoms with van der Waals surface area (Å²) in [6, 6.07) is 3.99. The molecule has 2 aliphatic carbocycles. The first-order valence-electron chi connectivity index (χ1n) is 9.55. The summed E-state index contributed by atoms with van der Waals surface area (Å²) in [4.78, 5) is 19.1. The molecule has 0 N–H and O–H groups in total. The molecular weight excluding hydrogens is 316 g/mol. The topological polar surface area (TPSA) is 51.7 Å². The molecular formula is C20H28N2O3. The van der Waals surface area contributed by atoms with Crippen LogP contribution in [-0.4, -0.2) is 53.8 Å². The summed E-state index contributed by atoms with van der Waals surface area (Å²) in [5, 5.41) is 0. The summed E-state index contributed by atoms with van der Waals surface area (Å²) >= 11 is 0. The Balaban J connectivity index is 1.43. The van der Waals surface area contributed by atoms with Gasteiger partial charge in [-0.2, -0.15) is 0 Å². The normalized spacial score (nSPS) is 31.8. The third-order valence-electron chi connectivity index (χ3n) is 6.20. The highest BCUT2D eigenvalue weighted by Gasteiger charge is 2.52. The predicted octanol–water partition coefficient (Wildman–Crippen LogP) is 2.59. The number of rotatable bonds is 6. The van der Waals surface area contributed by atoms with Crippen LogP contribution in [0.2, 0.25) is 0 Å². The Bertz CT molecular complexity index is 604. The van der Waals surface area contributed by atoms with Crippen molar-refractivity contribution >= 4 is 5.91 Å². The van der Waals surface area contributed by atoms with Gasteiger partial charge >= 0.3 is 0 Å². The molecule has 0 bridgehead atoms. The van der Waals surface area contributed by atoms with Gasteiger partial charge in [-0.3, -0.25) is 9.78 Å². The summed E-state index contributed by atoms with van der Waals surface area (Å²) in [5.74, 6) is 0.959. The molecule has 1 aliphatic heterocycles. The second kappa shape index (κ2) is 7.04. The minimum Gasteiger partial charge on any atom is -0.378 e. The minimum atomic E-state index is -0.177. The lowest BCUT2D eigenvalue weighted by atomic mass is 9.79. The summed E-state index contributed by atoms with van der Waals surface area (Å²) < 4.78 is 12.1. The third kappa shape index (κ3) is 3.58. The van der Waals surface area contributed by atoms with E-state index in [1.807, 2.05) is 17.0 Å². The van der Waals surface area contributed by atoms with Crippen LogP contribution in [0.3, 0.4) is 0 Å². The Labute approximate surface area is 149 Å². The lowest BCUT2D eigenvalue weighted by Gasteiger charge is -2.43. The van der Waals surface area contributed by atoms with Crippen LogP contribution in [0.25, 0.3) is 0 Å². The van der Waals surface area contributed by atoms with Crippen molar-refractivity contribution < 1.29 is 14.3 Å². The number of ether oxygens (including phenoxy) is 2. The summed E-state index contributed by atoms with van der Waals surface area (Å²) in [6.45, 7) is 1.67. The van der Waals surface area contributed by atoms with Gasteiger partial charge in [0.2, 0.25) is 5.91 Å². The second-order valence-electron chi connectivity index (χ2n) is 7.83. The molecule has 136 valence electrons. The van der Waals surface area contributed by atoms with Crippen molar-refractivity contribution in [3.05, 3.63) is 30.1 Å². The summed E-state index contributed by atoms with van der Waals surface area (Å²) in [7, 11) is 1.80. The van der Waals surface area contributed by atoms with E-state index in [9.17, 15) is 4.79 Å². The quantitative estimate of drug-likeness (QED) is 0.796. The van der Waals surface area contributed by atoms with Crippen molar-refractivity contribution in [2.75, 3.05) is 20.3 Å². The van der Waals surface area contributed by atoms with Gasteiger partial charge in [0.05, 0.1) is 24.2 Å². The average Bonchev–Trinajstić information content (AvgIpc) is 3.39. The highest BCUT2D eigenvalue weighted by Crippen LogP contribution is 2.43. The monoisotopic (exact) mass is 344 g/mol. The number of likely N-dealkylation sites (tertiary alicyclic amines) is 1. The number of nitrogens with zero attached hydrogens (tertiary/aromatic N) is 2. The molecule has 5 heteroatoms. The molecule has 2 saturated carbocycles. The molecule has 0 radical (unpaired) electrons. The number of hydrogen-bond acceptors (Lipinski definition) is 4. The maximum absolute atomic E-state index is 12.9. The Morgan fingerprint density at radius 3 is 2.96 bits per heavy atom. The van der Waals surface area contributed by atoms with Crippen molar-refractivity contribution in [2.24, 2.45) is 5.92 Å². The van der Waals surface area contributed by atoms with Gasteiger partial charge in [-0.25, -0.2) is 0 Å². The van der Waals surface area contributed by atoms with Crippen LogP contribution >= 0.6 is 0 Å². The number of methoxy groups -OCH3 is 1. The molecule has 0 spiro atoms. The fraction of sp³-hybridized carbons (Fsp3) is 0.700. The molecule has 3 aliphatic rings. The van der Waals surface area contributed by atoms with E-state index >= 15 is 0 Å². The number of fused-ring (bicyclic) bond motifs is 1. The molecule has 3 fully saturated rings. The average molecular weight is 344 g/mol. The number of hydrogen-bond donors (Lipinski definition) is 0. The lowest BCUT2D eigenvalue weighted by molar-refractivity contribution is -0.141. The molecule has 4 rings (SSSR count). The van der Waals surface area contributed by atoms with Crippen LogP contribution in [0, 0.1) is 5.92 Å². The number of pyridine rings is 1. The fourth-order valence-corrected chi connectivity index (χ4v) is 4.45. The zero-order chi connectivity index (χ0) is 17.3. The van der Waals surface area contributed by atoms with Gasteiger partial charge in [-0.05, 0) is 56.1 Å². The fourth-order valence-electron chi connectivity index (χ4n) is 4.45. The standard InChI is InChI=1S/C20H28N2O3/c1-24-20-7-6-17(25-14-15-4-5-15)12-18(20)22(10-8-20)19(23)11-16-3-2-9-21-13-16/h2-3,9,13,15,17-18H,4-8,10-12,14H2,1H3. The van der Waals surface area contributed by atoms with E-state index in [2.05, 4.69) is 4.98 Å². The Hall–Kier alpha value is -1.46. The Kier molecular flexibility index (Phi) is 4.78. The number of amides is 1. The molecule has 1 aromatic heterocycles. The first-order valence-corrected chi connectivity index (χ1v) is 9.55. The number of carbonyl (C=O) groups excluding carboxylic acids is 1. The Morgan fingerprint density at radius 2 is 2.24 bits per heavy atom. The van der Waals surface area contributed by atoms with Gasteiger partial charge < -0.3 is 14.4 Å². The largest absolute Gasteiger partial charge is 0.378 e. The molecule has 1 aromatic rings. The summed E-state index contributed by atoms with van der Waals surface area (Å²) in [6.07, 6.45) is 10.7. The van der Waals surface area contributed by atoms with Gasteiger partial charge in [0, 0.05) is 32.7 Å². The highest BCUT2D eigenvalue weighted by atomic mass is 16.5. The second-order valence-corrected chi connectivity index (χ2v) is 7.83. The predicted molar refractivity (Wildman–Crippen MR) is 94.1 cm³/mol. The highest BCUT2D eigenvalue weighted by molar-refractivity contribution is 5.79. The number of aromatic nitrogens is 1. The van der Waals surface area contributed by atoms with Gasteiger partial charge in [0.15, 0.2) is 0 Å². The maximum Gasteiger partial charge on any atom is 0.227 e. The molecule has 2 heterocycles. The zero-order valence-electron chi connectivity index (χ0n) is 15.0. The van der Waals surface area contributed by atoms with Gasteiger partial charge in [-0.15, -0.1) is 0 Å². The smallest absolute Gasteiger partial charge is 0.227 e. The van der Waals surface area contributed by atoms with Gasteiger partial charge in [0.25, 0.3) is 0 Å². The van der Waals surface area contributed by atoms with Crippen LogP contribution in [0.15, 0.2) is 24.5 Å². The van der Waals surface area contributed by atoms with Gasteiger partial charge in [-0.1, -0.05) is 6.07 Å². The van der Waals surface area contributed by atoms with E-state index in [4.69, 9.17) is 9.47 Å². The van der Waals surface area contributed by atoms with Crippen molar-refractivity contribution in [1.82, 2.24) is 9.88 Å². The van der Waals surface area contributed by atoms with Crippen LogP contribution in [0.5, 0.6) is 0 Å². The molecule has 0 aromatic carbocycles. The zero-order valence-corrected chi connectivity index (χ0v) is 15.0. The molecule has 1 amide bonds. The van der Waals surface area contributed by atoms with Gasteiger partial charge in [0.1, 0.15) is 0 Å². The van der Waals surface area contributed by atoms with Crippen LogP contribution in [0.1, 0.15) is 44.1 Å².